The van der Waals surface area contributed by atoms with Gasteiger partial charge in [-0.15, -0.1) is 0 Å². The molecule has 1 aromatic rings. The van der Waals surface area contributed by atoms with E-state index in [9.17, 15) is 9.59 Å². The van der Waals surface area contributed by atoms with Gasteiger partial charge in [0, 0.05) is 5.57 Å². The molecule has 0 saturated carbocycles. The average molecular weight is 215 g/mol. The minimum atomic E-state index is -0.354. The highest BCUT2D eigenvalue weighted by Crippen LogP contribution is 2.27. The second kappa shape index (κ2) is 3.93. The van der Waals surface area contributed by atoms with E-state index >= 15 is 0 Å². The van der Waals surface area contributed by atoms with Crippen molar-refractivity contribution in [3.8, 4) is 0 Å². The van der Waals surface area contributed by atoms with Crippen LogP contribution in [0.5, 0.6) is 0 Å². The van der Waals surface area contributed by atoms with Gasteiger partial charge in [-0.05, 0) is 25.0 Å². The number of allylic oxidation sites excluding steroid dienone is 1. The highest BCUT2D eigenvalue weighted by Gasteiger charge is 2.34. The third-order valence-corrected chi connectivity index (χ3v) is 2.92. The number of carbonyl (C=O) groups excluding carboxylic acids is 2. The van der Waals surface area contributed by atoms with Crippen molar-refractivity contribution >= 4 is 17.4 Å². The molecule has 0 spiro atoms. The van der Waals surface area contributed by atoms with Crippen molar-refractivity contribution in [1.29, 1.82) is 0 Å². The zero-order chi connectivity index (χ0) is 11.7. The van der Waals surface area contributed by atoms with Crippen LogP contribution in [-0.2, 0) is 9.59 Å². The highest BCUT2D eigenvalue weighted by atomic mass is 16.2. The number of benzene rings is 1. The van der Waals surface area contributed by atoms with E-state index in [-0.39, 0.29) is 17.7 Å². The Hall–Kier alpha value is -1.90. The fourth-order valence-electron chi connectivity index (χ4n) is 1.95. The Kier molecular flexibility index (Phi) is 2.60. The van der Waals surface area contributed by atoms with Crippen molar-refractivity contribution in [2.24, 2.45) is 5.92 Å². The molecule has 82 valence electrons. The van der Waals surface area contributed by atoms with Crippen molar-refractivity contribution < 1.29 is 9.59 Å². The van der Waals surface area contributed by atoms with E-state index in [0.29, 0.717) is 5.57 Å². The quantitative estimate of drug-likeness (QED) is 0.573. The predicted molar refractivity (Wildman–Crippen MR) is 61.3 cm³/mol. The lowest BCUT2D eigenvalue weighted by molar-refractivity contribution is -0.125. The Labute approximate surface area is 94.2 Å². The lowest BCUT2D eigenvalue weighted by Gasteiger charge is -2.07. The first kappa shape index (κ1) is 10.6. The lowest BCUT2D eigenvalue weighted by atomic mass is 9.94. The molecular formula is C13H13NO2. The van der Waals surface area contributed by atoms with Crippen LogP contribution in [0, 0.1) is 5.92 Å². The number of rotatable bonds is 1. The van der Waals surface area contributed by atoms with Gasteiger partial charge in [0.2, 0.25) is 5.91 Å². The largest absolute Gasteiger partial charge is 0.292 e. The third kappa shape index (κ3) is 1.65. The highest BCUT2D eigenvalue weighted by molar-refractivity contribution is 6.18. The van der Waals surface area contributed by atoms with E-state index in [1.54, 1.807) is 6.92 Å². The van der Waals surface area contributed by atoms with Gasteiger partial charge in [-0.2, -0.15) is 0 Å². The minimum Gasteiger partial charge on any atom is -0.292 e. The number of hydrogen-bond acceptors (Lipinski definition) is 2. The molecule has 1 N–H and O–H groups in total. The summed E-state index contributed by atoms with van der Waals surface area (Å²) < 4.78 is 0. The molecule has 3 heteroatoms. The minimum absolute atomic E-state index is 0.213. The SMILES string of the molecule is CC(=C1C(=O)NC(=O)C1C)c1ccccc1. The maximum Gasteiger partial charge on any atom is 0.254 e. The molecule has 1 aliphatic rings. The molecule has 2 rings (SSSR count). The number of carbonyl (C=O) groups is 2. The van der Waals surface area contributed by atoms with Crippen LogP contribution in [0.1, 0.15) is 19.4 Å². The Morgan fingerprint density at radius 2 is 1.81 bits per heavy atom. The van der Waals surface area contributed by atoms with Crippen molar-refractivity contribution in [3.63, 3.8) is 0 Å². The van der Waals surface area contributed by atoms with E-state index in [1.165, 1.54) is 0 Å². The van der Waals surface area contributed by atoms with Gasteiger partial charge in [0.15, 0.2) is 0 Å². The van der Waals surface area contributed by atoms with Gasteiger partial charge in [-0.1, -0.05) is 30.3 Å². The summed E-state index contributed by atoms with van der Waals surface area (Å²) >= 11 is 0. The summed E-state index contributed by atoms with van der Waals surface area (Å²) in [4.78, 5) is 23.0. The molecule has 2 amide bonds. The van der Waals surface area contributed by atoms with Crippen LogP contribution in [-0.4, -0.2) is 11.8 Å². The summed E-state index contributed by atoms with van der Waals surface area (Å²) in [5.41, 5.74) is 2.43. The van der Waals surface area contributed by atoms with Crippen LogP contribution in [0.2, 0.25) is 0 Å². The molecule has 0 aromatic heterocycles. The molecule has 16 heavy (non-hydrogen) atoms. The summed E-state index contributed by atoms with van der Waals surface area (Å²) in [5, 5.41) is 2.33. The van der Waals surface area contributed by atoms with Gasteiger partial charge in [-0.3, -0.25) is 14.9 Å². The van der Waals surface area contributed by atoms with Crippen LogP contribution in [0.15, 0.2) is 35.9 Å². The van der Waals surface area contributed by atoms with Gasteiger partial charge in [0.25, 0.3) is 5.91 Å². The molecule has 1 fully saturated rings. The standard InChI is InChI=1S/C13H13NO2/c1-8(10-6-4-3-5-7-10)11-9(2)12(15)14-13(11)16/h3-7,9H,1-2H3,(H,14,15,16). The van der Waals surface area contributed by atoms with Gasteiger partial charge >= 0.3 is 0 Å². The Morgan fingerprint density at radius 1 is 1.19 bits per heavy atom. The topological polar surface area (TPSA) is 46.2 Å². The van der Waals surface area contributed by atoms with Crippen LogP contribution in [0.25, 0.3) is 5.57 Å². The first-order chi connectivity index (χ1) is 7.61. The summed E-state index contributed by atoms with van der Waals surface area (Å²) in [6.45, 7) is 3.63. The maximum absolute atomic E-state index is 11.6. The Bertz CT molecular complexity index is 474. The lowest BCUT2D eigenvalue weighted by Crippen LogP contribution is -2.21. The molecule has 0 radical (unpaired) electrons. The second-order valence-electron chi connectivity index (χ2n) is 3.94. The monoisotopic (exact) mass is 215 g/mol. The molecule has 1 atom stereocenters. The second-order valence-corrected chi connectivity index (χ2v) is 3.94. The smallest absolute Gasteiger partial charge is 0.254 e. The zero-order valence-corrected chi connectivity index (χ0v) is 9.28. The molecule has 0 aliphatic carbocycles. The molecular weight excluding hydrogens is 202 g/mol. The van der Waals surface area contributed by atoms with E-state index < -0.39 is 0 Å². The number of amides is 2. The zero-order valence-electron chi connectivity index (χ0n) is 9.28. The molecule has 1 heterocycles. The van der Waals surface area contributed by atoms with Crippen LogP contribution >= 0.6 is 0 Å². The summed E-state index contributed by atoms with van der Waals surface area (Å²) in [7, 11) is 0. The van der Waals surface area contributed by atoms with E-state index in [0.717, 1.165) is 11.1 Å². The molecule has 3 nitrogen and oxygen atoms in total. The fourth-order valence-corrected chi connectivity index (χ4v) is 1.95. The van der Waals surface area contributed by atoms with E-state index in [4.69, 9.17) is 0 Å². The summed E-state index contributed by atoms with van der Waals surface area (Å²) in [6.07, 6.45) is 0. The van der Waals surface area contributed by atoms with Crippen LogP contribution in [0.4, 0.5) is 0 Å². The molecule has 1 aliphatic heterocycles. The third-order valence-electron chi connectivity index (χ3n) is 2.92. The van der Waals surface area contributed by atoms with Crippen molar-refractivity contribution in [2.45, 2.75) is 13.8 Å². The van der Waals surface area contributed by atoms with Gasteiger partial charge < -0.3 is 0 Å². The van der Waals surface area contributed by atoms with Crippen LogP contribution < -0.4 is 5.32 Å². The molecule has 1 saturated heterocycles. The normalized spacial score (nSPS) is 23.2. The Balaban J connectivity index is 2.50. The van der Waals surface area contributed by atoms with E-state index in [1.807, 2.05) is 37.3 Å². The molecule has 0 bridgehead atoms. The first-order valence-corrected chi connectivity index (χ1v) is 5.22. The van der Waals surface area contributed by atoms with Gasteiger partial charge in [0.1, 0.15) is 0 Å². The average Bonchev–Trinajstić information content (AvgIpc) is 2.54. The van der Waals surface area contributed by atoms with Gasteiger partial charge in [0.05, 0.1) is 5.92 Å². The van der Waals surface area contributed by atoms with Crippen molar-refractivity contribution in [3.05, 3.63) is 41.5 Å². The van der Waals surface area contributed by atoms with Crippen molar-refractivity contribution in [2.75, 3.05) is 0 Å². The van der Waals surface area contributed by atoms with E-state index in [2.05, 4.69) is 5.32 Å². The first-order valence-electron chi connectivity index (χ1n) is 5.22. The summed E-state index contributed by atoms with van der Waals surface area (Å²) in [6, 6.07) is 9.62. The van der Waals surface area contributed by atoms with Gasteiger partial charge in [-0.25, -0.2) is 0 Å². The maximum atomic E-state index is 11.6. The fraction of sp³-hybridized carbons (Fsp3) is 0.231. The predicted octanol–water partition coefficient (Wildman–Crippen LogP) is 1.75. The summed E-state index contributed by atoms with van der Waals surface area (Å²) in [5.74, 6) is -0.832. The van der Waals surface area contributed by atoms with Crippen LogP contribution in [0.3, 0.4) is 0 Å². The molecule has 1 unspecified atom stereocenters. The number of hydrogen-bond donors (Lipinski definition) is 1. The van der Waals surface area contributed by atoms with Crippen molar-refractivity contribution in [1.82, 2.24) is 5.32 Å². The Morgan fingerprint density at radius 3 is 2.31 bits per heavy atom. The number of nitrogens with one attached hydrogen (secondary N) is 1. The number of imide groups is 1. The molecule has 1 aromatic carbocycles.